The fourth-order valence-corrected chi connectivity index (χ4v) is 3.35. The van der Waals surface area contributed by atoms with Crippen LogP contribution in [-0.4, -0.2) is 33.2 Å². The van der Waals surface area contributed by atoms with E-state index in [1.807, 2.05) is 69.3 Å². The van der Waals surface area contributed by atoms with Gasteiger partial charge in [0.05, 0.1) is 24.0 Å². The van der Waals surface area contributed by atoms with E-state index in [0.29, 0.717) is 17.5 Å². The monoisotopic (exact) mass is 458 g/mol. The van der Waals surface area contributed by atoms with Crippen molar-refractivity contribution < 1.29 is 18.7 Å². The van der Waals surface area contributed by atoms with Gasteiger partial charge in [0.1, 0.15) is 5.82 Å². The zero-order valence-corrected chi connectivity index (χ0v) is 19.4. The fraction of sp³-hybridized carbons (Fsp3) is 0.231. The van der Waals surface area contributed by atoms with Crippen LogP contribution in [0.3, 0.4) is 0 Å². The predicted octanol–water partition coefficient (Wildman–Crippen LogP) is 4.57. The molecule has 0 spiro atoms. The lowest BCUT2D eigenvalue weighted by Gasteiger charge is -2.09. The van der Waals surface area contributed by atoms with Gasteiger partial charge in [0.15, 0.2) is 18.3 Å². The molecule has 174 valence electrons. The molecule has 0 aliphatic rings. The number of hydrogen-bond acceptors (Lipinski definition) is 6. The van der Waals surface area contributed by atoms with Crippen LogP contribution in [0, 0.1) is 20.8 Å². The second kappa shape index (κ2) is 10.2. The van der Waals surface area contributed by atoms with Gasteiger partial charge in [-0.2, -0.15) is 5.10 Å². The van der Waals surface area contributed by atoms with Gasteiger partial charge in [-0.15, -0.1) is 0 Å². The number of carbonyl (C=O) groups is 2. The van der Waals surface area contributed by atoms with E-state index < -0.39 is 18.5 Å². The van der Waals surface area contributed by atoms with E-state index in [-0.39, 0.29) is 12.8 Å². The Morgan fingerprint density at radius 3 is 2.38 bits per heavy atom. The van der Waals surface area contributed by atoms with E-state index >= 15 is 0 Å². The highest BCUT2D eigenvalue weighted by Crippen LogP contribution is 2.21. The summed E-state index contributed by atoms with van der Waals surface area (Å²) < 4.78 is 12.5. The second-order valence-corrected chi connectivity index (χ2v) is 8.11. The molecule has 34 heavy (non-hydrogen) atoms. The predicted molar refractivity (Wildman–Crippen MR) is 128 cm³/mol. The molecule has 8 heteroatoms. The lowest BCUT2D eigenvalue weighted by molar-refractivity contribution is -0.147. The molecule has 0 saturated carbocycles. The molecule has 2 heterocycles. The topological polar surface area (TPSA) is 99.2 Å². The SMILES string of the molecule is Cc1ccc(-c2cnc(CCC(=O)OCC(=O)Nc3cc(C)nn3-c3ccc(C)cc3)o2)cc1. The van der Waals surface area contributed by atoms with Crippen molar-refractivity contribution in [2.75, 3.05) is 11.9 Å². The highest BCUT2D eigenvalue weighted by atomic mass is 16.5. The Morgan fingerprint density at radius 2 is 1.68 bits per heavy atom. The summed E-state index contributed by atoms with van der Waals surface area (Å²) in [6.45, 7) is 5.46. The van der Waals surface area contributed by atoms with Crippen LogP contribution >= 0.6 is 0 Å². The standard InChI is InChI=1S/C26H26N4O4/c1-17-4-8-20(9-5-17)22-15-27-25(34-22)12-13-26(32)33-16-24(31)28-23-14-19(3)29-30(23)21-10-6-18(2)7-11-21/h4-11,14-15H,12-13,16H2,1-3H3,(H,28,31). The van der Waals surface area contributed by atoms with Crippen molar-refractivity contribution in [2.45, 2.75) is 33.6 Å². The maximum absolute atomic E-state index is 12.4. The van der Waals surface area contributed by atoms with Crippen LogP contribution in [0.15, 0.2) is 65.2 Å². The number of oxazole rings is 1. The molecule has 4 rings (SSSR count). The summed E-state index contributed by atoms with van der Waals surface area (Å²) in [5.74, 6) is 0.636. The van der Waals surface area contributed by atoms with Crippen LogP contribution in [0.2, 0.25) is 0 Å². The number of anilines is 1. The fourth-order valence-electron chi connectivity index (χ4n) is 3.35. The summed E-state index contributed by atoms with van der Waals surface area (Å²) in [6, 6.07) is 17.4. The third-order valence-corrected chi connectivity index (χ3v) is 5.17. The molecule has 0 atom stereocenters. The first kappa shape index (κ1) is 23.0. The number of aryl methyl sites for hydroxylation is 4. The highest BCUT2D eigenvalue weighted by molar-refractivity contribution is 5.92. The Morgan fingerprint density at radius 1 is 1.00 bits per heavy atom. The van der Waals surface area contributed by atoms with Crippen LogP contribution in [0.4, 0.5) is 5.82 Å². The lowest BCUT2D eigenvalue weighted by atomic mass is 10.1. The molecule has 8 nitrogen and oxygen atoms in total. The molecule has 0 aliphatic heterocycles. The molecule has 2 aromatic heterocycles. The van der Waals surface area contributed by atoms with Gasteiger partial charge in [-0.1, -0.05) is 47.5 Å². The number of amides is 1. The van der Waals surface area contributed by atoms with Gasteiger partial charge in [-0.05, 0) is 32.9 Å². The van der Waals surface area contributed by atoms with Crippen molar-refractivity contribution in [2.24, 2.45) is 0 Å². The van der Waals surface area contributed by atoms with Gasteiger partial charge in [-0.3, -0.25) is 9.59 Å². The molecule has 0 radical (unpaired) electrons. The van der Waals surface area contributed by atoms with Crippen molar-refractivity contribution in [1.29, 1.82) is 0 Å². The number of benzene rings is 2. The minimum Gasteiger partial charge on any atom is -0.456 e. The summed E-state index contributed by atoms with van der Waals surface area (Å²) in [5, 5.41) is 7.18. The van der Waals surface area contributed by atoms with Gasteiger partial charge < -0.3 is 14.5 Å². The largest absolute Gasteiger partial charge is 0.456 e. The molecule has 0 unspecified atom stereocenters. The van der Waals surface area contributed by atoms with Crippen LogP contribution < -0.4 is 5.32 Å². The van der Waals surface area contributed by atoms with Crippen molar-refractivity contribution in [3.05, 3.63) is 83.5 Å². The minimum atomic E-state index is -0.506. The van der Waals surface area contributed by atoms with E-state index in [0.717, 1.165) is 28.1 Å². The first-order valence-electron chi connectivity index (χ1n) is 11.0. The van der Waals surface area contributed by atoms with Crippen molar-refractivity contribution in [1.82, 2.24) is 14.8 Å². The van der Waals surface area contributed by atoms with Crippen LogP contribution in [0.1, 0.15) is 29.1 Å². The lowest BCUT2D eigenvalue weighted by Crippen LogP contribution is -2.22. The Kier molecular flexibility index (Phi) is 6.87. The maximum atomic E-state index is 12.4. The number of esters is 1. The maximum Gasteiger partial charge on any atom is 0.306 e. The average molecular weight is 459 g/mol. The van der Waals surface area contributed by atoms with Gasteiger partial charge >= 0.3 is 5.97 Å². The molecule has 1 N–H and O–H groups in total. The third-order valence-electron chi connectivity index (χ3n) is 5.17. The van der Waals surface area contributed by atoms with E-state index in [1.54, 1.807) is 16.9 Å². The summed E-state index contributed by atoms with van der Waals surface area (Å²) in [4.78, 5) is 28.7. The normalized spacial score (nSPS) is 10.8. The Labute approximate surface area is 197 Å². The summed E-state index contributed by atoms with van der Waals surface area (Å²) in [5.41, 5.74) is 4.78. The molecule has 4 aromatic rings. The molecule has 2 aromatic carbocycles. The highest BCUT2D eigenvalue weighted by Gasteiger charge is 2.14. The molecule has 1 amide bonds. The van der Waals surface area contributed by atoms with Gasteiger partial charge in [0, 0.05) is 18.1 Å². The first-order valence-corrected chi connectivity index (χ1v) is 11.0. The van der Waals surface area contributed by atoms with Gasteiger partial charge in [-0.25, -0.2) is 9.67 Å². The third kappa shape index (κ3) is 5.78. The molecule has 0 fully saturated rings. The number of aromatic nitrogens is 3. The Hall–Kier alpha value is -4.20. The van der Waals surface area contributed by atoms with E-state index in [2.05, 4.69) is 15.4 Å². The molecule has 0 aliphatic carbocycles. The smallest absolute Gasteiger partial charge is 0.306 e. The molecule has 0 bridgehead atoms. The number of ether oxygens (including phenoxy) is 1. The first-order chi connectivity index (χ1) is 16.4. The van der Waals surface area contributed by atoms with Gasteiger partial charge in [0.25, 0.3) is 5.91 Å². The molecular formula is C26H26N4O4. The zero-order valence-electron chi connectivity index (χ0n) is 19.4. The van der Waals surface area contributed by atoms with Crippen LogP contribution in [-0.2, 0) is 20.7 Å². The van der Waals surface area contributed by atoms with E-state index in [1.165, 1.54) is 0 Å². The average Bonchev–Trinajstić information content (AvgIpc) is 3.44. The number of nitrogens with zero attached hydrogens (tertiary/aromatic N) is 3. The van der Waals surface area contributed by atoms with Crippen molar-refractivity contribution >= 4 is 17.7 Å². The quantitative estimate of drug-likeness (QED) is 0.389. The molecular weight excluding hydrogens is 432 g/mol. The van der Waals surface area contributed by atoms with Crippen LogP contribution in [0.25, 0.3) is 17.0 Å². The van der Waals surface area contributed by atoms with E-state index in [4.69, 9.17) is 9.15 Å². The number of nitrogens with one attached hydrogen (secondary N) is 1. The Balaban J connectivity index is 1.27. The summed E-state index contributed by atoms with van der Waals surface area (Å²) in [6.07, 6.45) is 1.98. The van der Waals surface area contributed by atoms with Crippen molar-refractivity contribution in [3.8, 4) is 17.0 Å². The number of hydrogen-bond donors (Lipinski definition) is 1. The zero-order chi connectivity index (χ0) is 24.1. The summed E-state index contributed by atoms with van der Waals surface area (Å²) >= 11 is 0. The Bertz CT molecular complexity index is 1290. The van der Waals surface area contributed by atoms with Gasteiger partial charge in [0.2, 0.25) is 0 Å². The van der Waals surface area contributed by atoms with Crippen molar-refractivity contribution in [3.63, 3.8) is 0 Å². The molecule has 0 saturated heterocycles. The number of carbonyl (C=O) groups excluding carboxylic acids is 2. The summed E-state index contributed by atoms with van der Waals surface area (Å²) in [7, 11) is 0. The second-order valence-electron chi connectivity index (χ2n) is 8.11. The van der Waals surface area contributed by atoms with Crippen LogP contribution in [0.5, 0.6) is 0 Å². The van der Waals surface area contributed by atoms with E-state index in [9.17, 15) is 9.59 Å². The minimum absolute atomic E-state index is 0.0571. The number of rotatable bonds is 8.